The maximum atomic E-state index is 11.3. The van der Waals surface area contributed by atoms with E-state index >= 15 is 0 Å². The lowest BCUT2D eigenvalue weighted by molar-refractivity contribution is -0.131. The van der Waals surface area contributed by atoms with Crippen molar-refractivity contribution in [3.05, 3.63) is 0 Å². The summed E-state index contributed by atoms with van der Waals surface area (Å²) in [5, 5.41) is 19.9. The molecule has 1 atom stereocenters. The van der Waals surface area contributed by atoms with Crippen molar-refractivity contribution in [1.29, 1.82) is 0 Å². The SMILES string of the molecule is O=C(NC(CO)CO)C1CCCO1. The van der Waals surface area contributed by atoms with Crippen LogP contribution in [0, 0.1) is 0 Å². The van der Waals surface area contributed by atoms with E-state index in [0.29, 0.717) is 6.61 Å². The first-order valence-electron chi connectivity index (χ1n) is 4.41. The van der Waals surface area contributed by atoms with Gasteiger partial charge < -0.3 is 20.3 Å². The molecule has 0 aliphatic carbocycles. The number of carbonyl (C=O) groups is 1. The largest absolute Gasteiger partial charge is 0.394 e. The van der Waals surface area contributed by atoms with Gasteiger partial charge in [0.25, 0.3) is 0 Å². The Hall–Kier alpha value is -0.650. The van der Waals surface area contributed by atoms with Gasteiger partial charge in [-0.05, 0) is 12.8 Å². The van der Waals surface area contributed by atoms with E-state index in [1.54, 1.807) is 0 Å². The highest BCUT2D eigenvalue weighted by atomic mass is 16.5. The summed E-state index contributed by atoms with van der Waals surface area (Å²) in [5.41, 5.74) is 0. The van der Waals surface area contributed by atoms with Gasteiger partial charge in [0.05, 0.1) is 19.3 Å². The molecule has 0 aromatic heterocycles. The quantitative estimate of drug-likeness (QED) is 0.510. The Balaban J connectivity index is 2.30. The summed E-state index contributed by atoms with van der Waals surface area (Å²) >= 11 is 0. The highest BCUT2D eigenvalue weighted by molar-refractivity contribution is 5.81. The van der Waals surface area contributed by atoms with E-state index in [0.717, 1.165) is 12.8 Å². The van der Waals surface area contributed by atoms with Crippen molar-refractivity contribution < 1.29 is 19.7 Å². The maximum Gasteiger partial charge on any atom is 0.249 e. The number of hydrogen-bond acceptors (Lipinski definition) is 4. The van der Waals surface area contributed by atoms with Crippen LogP contribution in [0.5, 0.6) is 0 Å². The molecule has 0 spiro atoms. The van der Waals surface area contributed by atoms with Gasteiger partial charge in [-0.3, -0.25) is 4.79 Å². The van der Waals surface area contributed by atoms with Crippen molar-refractivity contribution in [3.63, 3.8) is 0 Å². The summed E-state index contributed by atoms with van der Waals surface area (Å²) in [7, 11) is 0. The van der Waals surface area contributed by atoms with Crippen molar-refractivity contribution in [2.45, 2.75) is 25.0 Å². The van der Waals surface area contributed by atoms with Gasteiger partial charge in [-0.15, -0.1) is 0 Å². The smallest absolute Gasteiger partial charge is 0.249 e. The maximum absolute atomic E-state index is 11.3. The van der Waals surface area contributed by atoms with Crippen LogP contribution in [0.3, 0.4) is 0 Å². The van der Waals surface area contributed by atoms with Gasteiger partial charge in [-0.2, -0.15) is 0 Å². The first kappa shape index (κ1) is 10.4. The lowest BCUT2D eigenvalue weighted by Crippen LogP contribution is -2.44. The standard InChI is InChI=1S/C8H15NO4/c10-4-6(5-11)9-8(12)7-2-1-3-13-7/h6-7,10-11H,1-5H2,(H,9,12). The Kier molecular flexibility index (Phi) is 4.14. The molecule has 1 saturated heterocycles. The van der Waals surface area contributed by atoms with Gasteiger partial charge in [-0.1, -0.05) is 0 Å². The molecule has 0 bridgehead atoms. The number of amides is 1. The summed E-state index contributed by atoms with van der Waals surface area (Å²) in [4.78, 5) is 11.3. The molecule has 1 unspecified atom stereocenters. The first-order chi connectivity index (χ1) is 6.27. The predicted molar refractivity (Wildman–Crippen MR) is 45.1 cm³/mol. The second-order valence-corrected chi connectivity index (χ2v) is 3.07. The molecule has 1 aliphatic rings. The average molecular weight is 189 g/mol. The fraction of sp³-hybridized carbons (Fsp3) is 0.875. The van der Waals surface area contributed by atoms with E-state index in [-0.39, 0.29) is 19.1 Å². The third-order valence-electron chi connectivity index (χ3n) is 2.01. The van der Waals surface area contributed by atoms with Crippen LogP contribution in [-0.4, -0.2) is 48.1 Å². The Morgan fingerprint density at radius 1 is 1.54 bits per heavy atom. The summed E-state index contributed by atoms with van der Waals surface area (Å²) in [6, 6.07) is -0.573. The average Bonchev–Trinajstić information content (AvgIpc) is 2.66. The van der Waals surface area contributed by atoms with Crippen LogP contribution in [0.25, 0.3) is 0 Å². The third kappa shape index (κ3) is 2.95. The number of aliphatic hydroxyl groups is 2. The molecule has 5 nitrogen and oxygen atoms in total. The molecule has 0 radical (unpaired) electrons. The Bertz CT molecular complexity index is 164. The van der Waals surface area contributed by atoms with Crippen LogP contribution < -0.4 is 5.32 Å². The van der Waals surface area contributed by atoms with Gasteiger partial charge in [0, 0.05) is 6.61 Å². The molecule has 1 heterocycles. The molecule has 1 rings (SSSR count). The third-order valence-corrected chi connectivity index (χ3v) is 2.01. The molecule has 13 heavy (non-hydrogen) atoms. The number of ether oxygens (including phenoxy) is 1. The summed E-state index contributed by atoms with van der Waals surface area (Å²) in [5.74, 6) is -0.245. The molecule has 3 N–H and O–H groups in total. The van der Waals surface area contributed by atoms with Crippen molar-refractivity contribution in [3.8, 4) is 0 Å². The number of carbonyl (C=O) groups excluding carboxylic acids is 1. The molecule has 1 aliphatic heterocycles. The van der Waals surface area contributed by atoms with Gasteiger partial charge in [0.1, 0.15) is 6.10 Å². The predicted octanol–water partition coefficient (Wildman–Crippen LogP) is -1.37. The van der Waals surface area contributed by atoms with E-state index in [1.165, 1.54) is 0 Å². The van der Waals surface area contributed by atoms with Crippen molar-refractivity contribution in [2.24, 2.45) is 0 Å². The van der Waals surface area contributed by atoms with Crippen LogP contribution >= 0.6 is 0 Å². The lowest BCUT2D eigenvalue weighted by Gasteiger charge is -2.16. The van der Waals surface area contributed by atoms with E-state index < -0.39 is 12.1 Å². The van der Waals surface area contributed by atoms with Gasteiger partial charge in [0.2, 0.25) is 5.91 Å². The second-order valence-electron chi connectivity index (χ2n) is 3.07. The van der Waals surface area contributed by atoms with Crippen molar-refractivity contribution >= 4 is 5.91 Å². The number of aliphatic hydroxyl groups excluding tert-OH is 2. The van der Waals surface area contributed by atoms with Crippen LogP contribution in [0.4, 0.5) is 0 Å². The molecule has 1 fully saturated rings. The highest BCUT2D eigenvalue weighted by Gasteiger charge is 2.24. The van der Waals surface area contributed by atoms with E-state index in [1.807, 2.05) is 0 Å². The minimum absolute atomic E-state index is 0.245. The van der Waals surface area contributed by atoms with E-state index in [4.69, 9.17) is 14.9 Å². The molecular formula is C8H15NO4. The minimum Gasteiger partial charge on any atom is -0.394 e. The highest BCUT2D eigenvalue weighted by Crippen LogP contribution is 2.11. The molecule has 0 aromatic rings. The summed E-state index contributed by atoms with van der Waals surface area (Å²) < 4.78 is 5.13. The number of rotatable bonds is 4. The minimum atomic E-state index is -0.573. The molecule has 0 aromatic carbocycles. The van der Waals surface area contributed by atoms with Crippen molar-refractivity contribution in [2.75, 3.05) is 19.8 Å². The first-order valence-corrected chi connectivity index (χ1v) is 4.41. The van der Waals surface area contributed by atoms with Crippen LogP contribution in [-0.2, 0) is 9.53 Å². The lowest BCUT2D eigenvalue weighted by atomic mass is 10.2. The second kappa shape index (κ2) is 5.16. The Morgan fingerprint density at radius 3 is 2.69 bits per heavy atom. The molecule has 5 heteroatoms. The van der Waals surface area contributed by atoms with Gasteiger partial charge in [0.15, 0.2) is 0 Å². The Morgan fingerprint density at radius 2 is 2.23 bits per heavy atom. The van der Waals surface area contributed by atoms with Crippen LogP contribution in [0.15, 0.2) is 0 Å². The normalized spacial score (nSPS) is 22.2. The number of hydrogen-bond donors (Lipinski definition) is 3. The van der Waals surface area contributed by atoms with E-state index in [9.17, 15) is 4.79 Å². The van der Waals surface area contributed by atoms with Crippen LogP contribution in [0.1, 0.15) is 12.8 Å². The molecule has 76 valence electrons. The fourth-order valence-electron chi connectivity index (χ4n) is 1.23. The molecule has 1 amide bonds. The van der Waals surface area contributed by atoms with Crippen molar-refractivity contribution in [1.82, 2.24) is 5.32 Å². The zero-order chi connectivity index (χ0) is 9.68. The monoisotopic (exact) mass is 189 g/mol. The van der Waals surface area contributed by atoms with Gasteiger partial charge >= 0.3 is 0 Å². The zero-order valence-corrected chi connectivity index (χ0v) is 7.40. The summed E-state index contributed by atoms with van der Waals surface area (Å²) in [6.07, 6.45) is 1.21. The number of nitrogens with one attached hydrogen (secondary N) is 1. The van der Waals surface area contributed by atoms with Gasteiger partial charge in [-0.25, -0.2) is 0 Å². The summed E-state index contributed by atoms with van der Waals surface area (Å²) in [6.45, 7) is 0.102. The molecule has 0 saturated carbocycles. The zero-order valence-electron chi connectivity index (χ0n) is 7.40. The topological polar surface area (TPSA) is 78.8 Å². The van der Waals surface area contributed by atoms with E-state index in [2.05, 4.69) is 5.32 Å². The molecular weight excluding hydrogens is 174 g/mol. The Labute approximate surface area is 76.7 Å². The fourth-order valence-corrected chi connectivity index (χ4v) is 1.23. The van der Waals surface area contributed by atoms with Crippen LogP contribution in [0.2, 0.25) is 0 Å².